The topological polar surface area (TPSA) is 34.1 Å². The van der Waals surface area contributed by atoms with Crippen LogP contribution in [0.5, 0.6) is 0 Å². The Kier molecular flexibility index (Phi) is 5.17. The highest BCUT2D eigenvalue weighted by molar-refractivity contribution is 9.25. The lowest BCUT2D eigenvalue weighted by atomic mass is 10.2. The van der Waals surface area contributed by atoms with E-state index in [0.717, 1.165) is 19.0 Å². The number of aldehydes is 2. The van der Waals surface area contributed by atoms with Crippen LogP contribution >= 0.6 is 31.9 Å². The first kappa shape index (κ1) is 10.3. The standard InChI is InChI=1S/C6H8Br2O2/c7-6(8,5-10)3-1-2-4-9/h4-5H,1-3H2. The molecule has 0 fully saturated rings. The van der Waals surface area contributed by atoms with Crippen LogP contribution in [0.3, 0.4) is 0 Å². The molecule has 0 aromatic rings. The predicted octanol–water partition coefficient (Wildman–Crippen LogP) is 2.04. The third-order valence-electron chi connectivity index (χ3n) is 1.00. The highest BCUT2D eigenvalue weighted by Gasteiger charge is 2.19. The van der Waals surface area contributed by atoms with Crippen LogP contribution < -0.4 is 0 Å². The Morgan fingerprint density at radius 1 is 1.30 bits per heavy atom. The summed E-state index contributed by atoms with van der Waals surface area (Å²) in [6.07, 6.45) is 3.49. The molecule has 0 aliphatic heterocycles. The van der Waals surface area contributed by atoms with Gasteiger partial charge in [0.1, 0.15) is 15.8 Å². The molecule has 0 saturated carbocycles. The van der Waals surface area contributed by atoms with E-state index in [0.29, 0.717) is 12.8 Å². The smallest absolute Gasteiger partial charge is 0.147 e. The van der Waals surface area contributed by atoms with Gasteiger partial charge in [0.05, 0.1) is 0 Å². The molecular formula is C6H8Br2O2. The predicted molar refractivity (Wildman–Crippen MR) is 46.6 cm³/mol. The van der Waals surface area contributed by atoms with Gasteiger partial charge < -0.3 is 9.59 Å². The molecule has 0 amide bonds. The maximum atomic E-state index is 10.2. The van der Waals surface area contributed by atoms with Crippen LogP contribution in [0.15, 0.2) is 0 Å². The van der Waals surface area contributed by atoms with Crippen molar-refractivity contribution in [2.45, 2.75) is 22.5 Å². The lowest BCUT2D eigenvalue weighted by molar-refractivity contribution is -0.109. The number of unbranched alkanes of at least 4 members (excludes halogenated alkanes) is 1. The SMILES string of the molecule is O=CCCCC(Br)(Br)C=O. The molecule has 0 aliphatic rings. The molecule has 0 aliphatic carbocycles. The van der Waals surface area contributed by atoms with E-state index in [4.69, 9.17) is 0 Å². The minimum atomic E-state index is -0.622. The molecule has 4 heteroatoms. The Bertz CT molecular complexity index is 123. The van der Waals surface area contributed by atoms with Crippen LogP contribution in [0.4, 0.5) is 0 Å². The fourth-order valence-corrected chi connectivity index (χ4v) is 1.04. The minimum Gasteiger partial charge on any atom is -0.303 e. The van der Waals surface area contributed by atoms with E-state index in [1.165, 1.54) is 0 Å². The molecule has 58 valence electrons. The molecule has 0 heterocycles. The van der Waals surface area contributed by atoms with E-state index < -0.39 is 3.23 Å². The molecule has 0 atom stereocenters. The molecule has 0 radical (unpaired) electrons. The van der Waals surface area contributed by atoms with Crippen molar-refractivity contribution in [3.63, 3.8) is 0 Å². The van der Waals surface area contributed by atoms with Crippen molar-refractivity contribution in [3.8, 4) is 0 Å². The summed E-state index contributed by atoms with van der Waals surface area (Å²) < 4.78 is -0.622. The van der Waals surface area contributed by atoms with Gasteiger partial charge in [-0.3, -0.25) is 0 Å². The lowest BCUT2D eigenvalue weighted by Crippen LogP contribution is -2.12. The van der Waals surface area contributed by atoms with Gasteiger partial charge in [0.2, 0.25) is 0 Å². The molecule has 0 N–H and O–H groups in total. The van der Waals surface area contributed by atoms with Gasteiger partial charge in [0.25, 0.3) is 0 Å². The second-order valence-electron chi connectivity index (χ2n) is 1.94. The van der Waals surface area contributed by atoms with E-state index in [1.807, 2.05) is 0 Å². The summed E-state index contributed by atoms with van der Waals surface area (Å²) in [5, 5.41) is 0. The van der Waals surface area contributed by atoms with Gasteiger partial charge in [-0.1, -0.05) is 31.9 Å². The number of halogens is 2. The van der Waals surface area contributed by atoms with Crippen LogP contribution in [-0.2, 0) is 9.59 Å². The molecule has 0 bridgehead atoms. The summed E-state index contributed by atoms with van der Waals surface area (Å²) in [4.78, 5) is 20.1. The van der Waals surface area contributed by atoms with Crippen LogP contribution in [-0.4, -0.2) is 15.8 Å². The normalized spacial score (nSPS) is 11.0. The molecule has 0 unspecified atom stereocenters. The van der Waals surface area contributed by atoms with E-state index in [-0.39, 0.29) is 0 Å². The Balaban J connectivity index is 3.46. The summed E-state index contributed by atoms with van der Waals surface area (Å²) in [6.45, 7) is 0. The van der Waals surface area contributed by atoms with Gasteiger partial charge in [0.15, 0.2) is 0 Å². The fourth-order valence-electron chi connectivity index (χ4n) is 0.480. The number of hydrogen-bond acceptors (Lipinski definition) is 2. The van der Waals surface area contributed by atoms with Crippen molar-refractivity contribution >= 4 is 44.4 Å². The number of carbonyl (C=O) groups is 2. The summed E-state index contributed by atoms with van der Waals surface area (Å²) in [7, 11) is 0. The third-order valence-corrected chi connectivity index (χ3v) is 2.17. The number of hydrogen-bond donors (Lipinski definition) is 0. The Labute approximate surface area is 76.6 Å². The zero-order valence-corrected chi connectivity index (χ0v) is 8.52. The number of rotatable bonds is 5. The maximum absolute atomic E-state index is 10.2. The van der Waals surface area contributed by atoms with E-state index in [2.05, 4.69) is 31.9 Å². The highest BCUT2D eigenvalue weighted by Crippen LogP contribution is 2.29. The largest absolute Gasteiger partial charge is 0.303 e. The quantitative estimate of drug-likeness (QED) is 0.436. The first-order valence-corrected chi connectivity index (χ1v) is 4.49. The maximum Gasteiger partial charge on any atom is 0.147 e. The molecule has 0 rings (SSSR count). The third kappa shape index (κ3) is 5.11. The first-order valence-electron chi connectivity index (χ1n) is 2.90. The molecule has 2 nitrogen and oxygen atoms in total. The van der Waals surface area contributed by atoms with Crippen LogP contribution in [0.2, 0.25) is 0 Å². The van der Waals surface area contributed by atoms with Crippen molar-refractivity contribution < 1.29 is 9.59 Å². The second kappa shape index (κ2) is 5.02. The summed E-state index contributed by atoms with van der Waals surface area (Å²) >= 11 is 6.29. The molecule has 0 spiro atoms. The summed E-state index contributed by atoms with van der Waals surface area (Å²) in [5.74, 6) is 0. The lowest BCUT2D eigenvalue weighted by Gasteiger charge is -2.09. The number of alkyl halides is 2. The van der Waals surface area contributed by atoms with Crippen molar-refractivity contribution in [2.75, 3.05) is 0 Å². The van der Waals surface area contributed by atoms with Gasteiger partial charge in [-0.25, -0.2) is 0 Å². The second-order valence-corrected chi connectivity index (χ2v) is 5.83. The van der Waals surface area contributed by atoms with Crippen LogP contribution in [0, 0.1) is 0 Å². The van der Waals surface area contributed by atoms with Crippen molar-refractivity contribution in [1.82, 2.24) is 0 Å². The number of carbonyl (C=O) groups excluding carboxylic acids is 2. The van der Waals surface area contributed by atoms with E-state index >= 15 is 0 Å². The van der Waals surface area contributed by atoms with E-state index in [9.17, 15) is 9.59 Å². The zero-order chi connectivity index (χ0) is 8.04. The Hall–Kier alpha value is 0.300. The average Bonchev–Trinajstić information content (AvgIpc) is 1.89. The Morgan fingerprint density at radius 3 is 2.30 bits per heavy atom. The molecular weight excluding hydrogens is 264 g/mol. The van der Waals surface area contributed by atoms with Crippen LogP contribution in [0.25, 0.3) is 0 Å². The van der Waals surface area contributed by atoms with Gasteiger partial charge >= 0.3 is 0 Å². The highest BCUT2D eigenvalue weighted by atomic mass is 79.9. The van der Waals surface area contributed by atoms with Gasteiger partial charge in [0, 0.05) is 6.42 Å². The fraction of sp³-hybridized carbons (Fsp3) is 0.667. The zero-order valence-electron chi connectivity index (χ0n) is 5.35. The molecule has 0 aromatic carbocycles. The van der Waals surface area contributed by atoms with Crippen molar-refractivity contribution in [3.05, 3.63) is 0 Å². The van der Waals surface area contributed by atoms with Gasteiger partial charge in [-0.2, -0.15) is 0 Å². The van der Waals surface area contributed by atoms with Crippen molar-refractivity contribution in [2.24, 2.45) is 0 Å². The molecule has 0 saturated heterocycles. The Morgan fingerprint density at radius 2 is 1.90 bits per heavy atom. The average molecular weight is 272 g/mol. The summed E-state index contributed by atoms with van der Waals surface area (Å²) in [5.41, 5.74) is 0. The van der Waals surface area contributed by atoms with Gasteiger partial charge in [-0.15, -0.1) is 0 Å². The minimum absolute atomic E-state index is 0.507. The van der Waals surface area contributed by atoms with Crippen LogP contribution in [0.1, 0.15) is 19.3 Å². The monoisotopic (exact) mass is 270 g/mol. The molecule has 10 heavy (non-hydrogen) atoms. The van der Waals surface area contributed by atoms with Crippen molar-refractivity contribution in [1.29, 1.82) is 0 Å². The summed E-state index contributed by atoms with van der Waals surface area (Å²) in [6, 6.07) is 0. The first-order chi connectivity index (χ1) is 4.62. The van der Waals surface area contributed by atoms with Gasteiger partial charge in [-0.05, 0) is 12.8 Å². The van der Waals surface area contributed by atoms with E-state index in [1.54, 1.807) is 0 Å². The molecule has 0 aromatic heterocycles.